The zero-order chi connectivity index (χ0) is 19.7. The fraction of sp³-hybridized carbons (Fsp3) is 0.550. The van der Waals surface area contributed by atoms with Crippen molar-refractivity contribution < 1.29 is 19.1 Å². The van der Waals surface area contributed by atoms with E-state index in [9.17, 15) is 14.4 Å². The van der Waals surface area contributed by atoms with Gasteiger partial charge in [0.25, 0.3) is 5.91 Å². The molecule has 0 unspecified atom stereocenters. The number of carbonyl (C=O) groups excluding carboxylic acids is 3. The van der Waals surface area contributed by atoms with Crippen molar-refractivity contribution in [2.75, 3.05) is 12.4 Å². The highest BCUT2D eigenvalue weighted by Gasteiger charge is 2.57. The molecule has 1 aromatic carbocycles. The molecule has 1 aromatic rings. The van der Waals surface area contributed by atoms with E-state index in [-0.39, 0.29) is 24.0 Å². The smallest absolute Gasteiger partial charge is 0.330 e. The Bertz CT molecular complexity index is 737. The fourth-order valence-corrected chi connectivity index (χ4v) is 5.19. The van der Waals surface area contributed by atoms with Crippen LogP contribution in [0.25, 0.3) is 0 Å². The maximum Gasteiger partial charge on any atom is 0.330 e. The molecule has 3 rings (SSSR count). The molecule has 146 valence electrons. The average molecular weight is 391 g/mol. The second-order valence-corrected chi connectivity index (χ2v) is 8.93. The quantitative estimate of drug-likeness (QED) is 0.755. The van der Waals surface area contributed by atoms with Gasteiger partial charge in [-0.05, 0) is 32.3 Å². The summed E-state index contributed by atoms with van der Waals surface area (Å²) in [4.78, 5) is 38.4. The van der Waals surface area contributed by atoms with E-state index in [1.165, 1.54) is 0 Å². The average Bonchev–Trinajstić information content (AvgIpc) is 3.20. The summed E-state index contributed by atoms with van der Waals surface area (Å²) < 4.78 is 5.26. The highest BCUT2D eigenvalue weighted by atomic mass is 32.2. The summed E-state index contributed by atoms with van der Waals surface area (Å²) in [5, 5.41) is 2.84. The highest BCUT2D eigenvalue weighted by Crippen LogP contribution is 2.54. The Kier molecular flexibility index (Phi) is 5.51. The molecule has 0 aliphatic carbocycles. The molecule has 0 saturated carbocycles. The van der Waals surface area contributed by atoms with Crippen LogP contribution in [0.5, 0.6) is 0 Å². The highest BCUT2D eigenvalue weighted by molar-refractivity contribution is 8.00. The molecule has 0 bridgehead atoms. The Balaban J connectivity index is 1.68. The molecule has 2 saturated heterocycles. The molecular weight excluding hydrogens is 364 g/mol. The summed E-state index contributed by atoms with van der Waals surface area (Å²) in [5.41, 5.74) is 0.679. The third-order valence-corrected chi connectivity index (χ3v) is 6.93. The van der Waals surface area contributed by atoms with Crippen molar-refractivity contribution in [1.82, 2.24) is 10.2 Å². The first-order chi connectivity index (χ1) is 12.8. The Morgan fingerprint density at radius 3 is 2.70 bits per heavy atom. The van der Waals surface area contributed by atoms with E-state index in [0.717, 1.165) is 12.0 Å². The van der Waals surface area contributed by atoms with Gasteiger partial charge in [0.15, 0.2) is 6.61 Å². The fourth-order valence-electron chi connectivity index (χ4n) is 3.55. The van der Waals surface area contributed by atoms with Crippen molar-refractivity contribution in [3.05, 3.63) is 35.9 Å². The topological polar surface area (TPSA) is 75.7 Å². The molecule has 6 nitrogen and oxygen atoms in total. The Morgan fingerprint density at radius 1 is 1.33 bits per heavy atom. The minimum Gasteiger partial charge on any atom is -0.454 e. The Hall–Kier alpha value is -2.02. The monoisotopic (exact) mass is 390 g/mol. The molecule has 1 N–H and O–H groups in total. The normalized spacial score (nSPS) is 24.6. The predicted molar refractivity (Wildman–Crippen MR) is 104 cm³/mol. The van der Waals surface area contributed by atoms with Crippen LogP contribution in [0, 0.1) is 0 Å². The zero-order valence-electron chi connectivity index (χ0n) is 16.0. The number of ether oxygens (including phenoxy) is 1. The molecular formula is C20H26N2O4S. The minimum absolute atomic E-state index is 0.0395. The number of benzene rings is 1. The molecule has 2 aliphatic heterocycles. The number of rotatable bonds is 6. The zero-order valence-corrected chi connectivity index (χ0v) is 16.8. The maximum absolute atomic E-state index is 12.6. The molecule has 0 spiro atoms. The van der Waals surface area contributed by atoms with Crippen LogP contribution in [0.2, 0.25) is 0 Å². The number of esters is 1. The van der Waals surface area contributed by atoms with Gasteiger partial charge in [-0.25, -0.2) is 4.79 Å². The van der Waals surface area contributed by atoms with Gasteiger partial charge in [-0.1, -0.05) is 37.3 Å². The van der Waals surface area contributed by atoms with E-state index >= 15 is 0 Å². The van der Waals surface area contributed by atoms with E-state index in [1.54, 1.807) is 16.7 Å². The first kappa shape index (κ1) is 19.7. The lowest BCUT2D eigenvalue weighted by molar-refractivity contribution is -0.156. The molecule has 0 aromatic heterocycles. The second-order valence-electron chi connectivity index (χ2n) is 7.63. The second kappa shape index (κ2) is 7.54. The number of thioether (sulfide) groups is 1. The molecule has 7 heteroatoms. The van der Waals surface area contributed by atoms with Gasteiger partial charge in [0.05, 0.1) is 0 Å². The third kappa shape index (κ3) is 3.83. The minimum atomic E-state index is -0.655. The Labute approximate surface area is 164 Å². The molecule has 0 radical (unpaired) electrons. The third-order valence-electron chi connectivity index (χ3n) is 5.33. The maximum atomic E-state index is 12.6. The van der Waals surface area contributed by atoms with Gasteiger partial charge in [-0.3, -0.25) is 9.59 Å². The lowest BCUT2D eigenvalue weighted by atomic mass is 10.0. The first-order valence-electron chi connectivity index (χ1n) is 9.28. The molecule has 2 heterocycles. The van der Waals surface area contributed by atoms with Gasteiger partial charge < -0.3 is 15.0 Å². The number of nitrogens with zero attached hydrogens (tertiary/aromatic N) is 1. The molecule has 2 atom stereocenters. The van der Waals surface area contributed by atoms with Crippen LogP contribution in [0.4, 0.5) is 0 Å². The lowest BCUT2D eigenvalue weighted by Gasteiger charge is -2.33. The lowest BCUT2D eigenvalue weighted by Crippen LogP contribution is -2.48. The molecule has 2 fully saturated rings. The van der Waals surface area contributed by atoms with Crippen LogP contribution in [-0.2, 0) is 24.0 Å². The summed E-state index contributed by atoms with van der Waals surface area (Å²) >= 11 is 1.61. The van der Waals surface area contributed by atoms with Crippen LogP contribution < -0.4 is 5.32 Å². The van der Waals surface area contributed by atoms with Crippen molar-refractivity contribution in [1.29, 1.82) is 0 Å². The summed E-state index contributed by atoms with van der Waals surface area (Å²) in [7, 11) is 0. The van der Waals surface area contributed by atoms with Gasteiger partial charge >= 0.3 is 5.97 Å². The van der Waals surface area contributed by atoms with Crippen molar-refractivity contribution in [2.45, 2.75) is 56.5 Å². The van der Waals surface area contributed by atoms with Crippen molar-refractivity contribution in [3.63, 3.8) is 0 Å². The number of fused-ring (bicyclic) bond motifs is 1. The summed E-state index contributed by atoms with van der Waals surface area (Å²) in [5.74, 6) is -0.410. The number of hydrogen-bond acceptors (Lipinski definition) is 5. The van der Waals surface area contributed by atoms with E-state index < -0.39 is 16.9 Å². The first-order valence-corrected chi connectivity index (χ1v) is 10.3. The predicted octanol–water partition coefficient (Wildman–Crippen LogP) is 2.43. The van der Waals surface area contributed by atoms with Gasteiger partial charge in [-0.2, -0.15) is 0 Å². The SMILES string of the molecule is CCC(C)(C)NC(=O)COC(=O)[C@H]1CS[C@@]2(c3ccccc3)CCC(=O)N12. The van der Waals surface area contributed by atoms with Crippen molar-refractivity contribution in [2.24, 2.45) is 0 Å². The number of amides is 2. The number of carbonyl (C=O) groups is 3. The molecule has 2 amide bonds. The van der Waals surface area contributed by atoms with Crippen LogP contribution >= 0.6 is 11.8 Å². The summed E-state index contributed by atoms with van der Waals surface area (Å²) in [6.45, 7) is 5.48. The van der Waals surface area contributed by atoms with Gasteiger partial charge in [0, 0.05) is 17.7 Å². The number of hydrogen-bond donors (Lipinski definition) is 1. The van der Waals surface area contributed by atoms with Crippen LogP contribution in [0.1, 0.15) is 45.6 Å². The van der Waals surface area contributed by atoms with Crippen LogP contribution in [0.3, 0.4) is 0 Å². The van der Waals surface area contributed by atoms with Gasteiger partial charge in [-0.15, -0.1) is 11.8 Å². The van der Waals surface area contributed by atoms with Crippen LogP contribution in [0.15, 0.2) is 30.3 Å². The molecule has 27 heavy (non-hydrogen) atoms. The van der Waals surface area contributed by atoms with Crippen molar-refractivity contribution in [3.8, 4) is 0 Å². The van der Waals surface area contributed by atoms with E-state index in [1.807, 2.05) is 51.1 Å². The van der Waals surface area contributed by atoms with Crippen LogP contribution in [-0.4, -0.2) is 46.6 Å². The summed E-state index contributed by atoms with van der Waals surface area (Å²) in [6, 6.07) is 9.15. The van der Waals surface area contributed by atoms with Crippen molar-refractivity contribution >= 4 is 29.5 Å². The largest absolute Gasteiger partial charge is 0.454 e. The van der Waals surface area contributed by atoms with Gasteiger partial charge in [0.1, 0.15) is 10.9 Å². The van der Waals surface area contributed by atoms with E-state index in [0.29, 0.717) is 18.6 Å². The Morgan fingerprint density at radius 2 is 2.04 bits per heavy atom. The van der Waals surface area contributed by atoms with Gasteiger partial charge in [0.2, 0.25) is 5.91 Å². The van der Waals surface area contributed by atoms with E-state index in [2.05, 4.69) is 5.32 Å². The summed E-state index contributed by atoms with van der Waals surface area (Å²) in [6.07, 6.45) is 1.86. The number of nitrogens with one attached hydrogen (secondary N) is 1. The molecule has 2 aliphatic rings. The van der Waals surface area contributed by atoms with E-state index in [4.69, 9.17) is 4.74 Å². The standard InChI is InChI=1S/C20H26N2O4S/c1-4-19(2,3)21-16(23)12-26-18(25)15-13-27-20(11-10-17(24)22(15)20)14-8-6-5-7-9-14/h5-9,15H,4,10-13H2,1-3H3,(H,21,23)/t15-,20-/m1/s1.